The van der Waals surface area contributed by atoms with Crippen molar-refractivity contribution in [1.82, 2.24) is 10.3 Å². The lowest BCUT2D eigenvalue weighted by Crippen LogP contribution is -2.39. The number of hydrogen-bond donors (Lipinski definition) is 3. The fourth-order valence-electron chi connectivity index (χ4n) is 1.52. The Hall–Kier alpha value is -2.26. The van der Waals surface area contributed by atoms with Crippen molar-refractivity contribution in [2.75, 3.05) is 6.54 Å². The van der Waals surface area contributed by atoms with Gasteiger partial charge in [0.05, 0.1) is 10.6 Å². The van der Waals surface area contributed by atoms with Crippen molar-refractivity contribution >= 4 is 11.8 Å². The van der Waals surface area contributed by atoms with Crippen LogP contribution in [0.3, 0.4) is 0 Å². The zero-order valence-corrected chi connectivity index (χ0v) is 12.5. The number of carbonyl (C=O) groups is 1. The van der Waals surface area contributed by atoms with Gasteiger partial charge in [0.1, 0.15) is 17.8 Å². The molecule has 0 spiro atoms. The highest BCUT2D eigenvalue weighted by atomic mass is 16.6. The number of nitrogens with one attached hydrogen (secondary N) is 1. The molecule has 9 nitrogen and oxygen atoms in total. The van der Waals surface area contributed by atoms with E-state index in [1.807, 2.05) is 0 Å². The van der Waals surface area contributed by atoms with Crippen LogP contribution < -0.4 is 5.32 Å². The van der Waals surface area contributed by atoms with Crippen LogP contribution in [0.4, 0.5) is 10.5 Å². The van der Waals surface area contributed by atoms with Gasteiger partial charge in [-0.1, -0.05) is 0 Å². The van der Waals surface area contributed by atoms with Gasteiger partial charge in [-0.25, -0.2) is 4.79 Å². The Morgan fingerprint density at radius 1 is 1.50 bits per heavy atom. The maximum Gasteiger partial charge on any atom is 0.407 e. The number of nitrogens with zero attached hydrogens (tertiary/aromatic N) is 2. The van der Waals surface area contributed by atoms with E-state index in [1.54, 1.807) is 20.8 Å². The zero-order chi connectivity index (χ0) is 16.9. The van der Waals surface area contributed by atoms with E-state index in [-0.39, 0.29) is 17.9 Å². The summed E-state index contributed by atoms with van der Waals surface area (Å²) in [7, 11) is 0. The second-order valence-corrected chi connectivity index (χ2v) is 5.59. The molecule has 1 amide bonds. The molecule has 2 atom stereocenters. The van der Waals surface area contributed by atoms with E-state index in [1.165, 1.54) is 6.07 Å². The van der Waals surface area contributed by atoms with Gasteiger partial charge < -0.3 is 20.3 Å². The van der Waals surface area contributed by atoms with E-state index < -0.39 is 28.8 Å². The normalized spacial score (nSPS) is 14.0. The van der Waals surface area contributed by atoms with Gasteiger partial charge in [0.25, 0.3) is 5.69 Å². The summed E-state index contributed by atoms with van der Waals surface area (Å²) < 4.78 is 4.98. The summed E-state index contributed by atoms with van der Waals surface area (Å²) in [5, 5.41) is 32.7. The first kappa shape index (κ1) is 17.8. The van der Waals surface area contributed by atoms with Gasteiger partial charge >= 0.3 is 6.09 Å². The molecule has 1 heterocycles. The summed E-state index contributed by atoms with van der Waals surface area (Å²) >= 11 is 0. The van der Waals surface area contributed by atoms with Gasteiger partial charge in [-0.2, -0.15) is 0 Å². The Kier molecular flexibility index (Phi) is 5.77. The average molecular weight is 313 g/mol. The molecule has 0 aromatic carbocycles. The molecule has 0 aliphatic carbocycles. The third kappa shape index (κ3) is 5.62. The molecule has 3 N–H and O–H groups in total. The number of ether oxygens (including phenoxy) is 1. The largest absolute Gasteiger partial charge is 0.444 e. The minimum absolute atomic E-state index is 0.0623. The third-order valence-electron chi connectivity index (χ3n) is 2.50. The molecule has 0 bridgehead atoms. The smallest absolute Gasteiger partial charge is 0.407 e. The van der Waals surface area contributed by atoms with Crippen LogP contribution in [-0.4, -0.2) is 44.5 Å². The standard InChI is InChI=1S/C13H19N3O6/c1-13(2,3)22-12(19)15-7-10(17)11(18)9-6-8(16(20)21)4-5-14-9/h4-6,10-11,17-18H,7H2,1-3H3,(H,15,19). The topological polar surface area (TPSA) is 135 Å². The van der Waals surface area contributed by atoms with E-state index in [2.05, 4.69) is 10.3 Å². The van der Waals surface area contributed by atoms with Crippen LogP contribution in [0.2, 0.25) is 0 Å². The Bertz CT molecular complexity index is 543. The number of alkyl carbamates (subject to hydrolysis) is 1. The number of nitro groups is 1. The zero-order valence-electron chi connectivity index (χ0n) is 12.5. The second-order valence-electron chi connectivity index (χ2n) is 5.59. The SMILES string of the molecule is CC(C)(C)OC(=O)NCC(O)C(O)c1cc([N+](=O)[O-])ccn1. The lowest BCUT2D eigenvalue weighted by atomic mass is 10.1. The lowest BCUT2D eigenvalue weighted by molar-refractivity contribution is -0.385. The molecule has 0 aliphatic heterocycles. The first-order chi connectivity index (χ1) is 10.1. The first-order valence-corrected chi connectivity index (χ1v) is 6.53. The van der Waals surface area contributed by atoms with Crippen molar-refractivity contribution < 1.29 is 24.7 Å². The van der Waals surface area contributed by atoms with Crippen LogP contribution in [0.1, 0.15) is 32.6 Å². The maximum atomic E-state index is 11.4. The molecule has 2 unspecified atom stereocenters. The highest BCUT2D eigenvalue weighted by Crippen LogP contribution is 2.19. The molecule has 0 saturated carbocycles. The number of pyridine rings is 1. The van der Waals surface area contributed by atoms with Crippen LogP contribution in [0.5, 0.6) is 0 Å². The van der Waals surface area contributed by atoms with E-state index in [0.29, 0.717) is 0 Å². The van der Waals surface area contributed by atoms with Crippen molar-refractivity contribution in [3.8, 4) is 0 Å². The van der Waals surface area contributed by atoms with Gasteiger partial charge in [0, 0.05) is 24.9 Å². The fourth-order valence-corrected chi connectivity index (χ4v) is 1.52. The molecule has 0 saturated heterocycles. The van der Waals surface area contributed by atoms with Crippen molar-refractivity contribution in [1.29, 1.82) is 0 Å². The molecular formula is C13H19N3O6. The Balaban J connectivity index is 2.62. The third-order valence-corrected chi connectivity index (χ3v) is 2.50. The molecule has 1 aromatic heterocycles. The molecule has 122 valence electrons. The van der Waals surface area contributed by atoms with Crippen LogP contribution in [0.25, 0.3) is 0 Å². The van der Waals surface area contributed by atoms with Crippen molar-refractivity contribution in [3.63, 3.8) is 0 Å². The fraction of sp³-hybridized carbons (Fsp3) is 0.538. The minimum atomic E-state index is -1.48. The molecular weight excluding hydrogens is 294 g/mol. The molecule has 0 radical (unpaired) electrons. The van der Waals surface area contributed by atoms with E-state index in [9.17, 15) is 25.1 Å². The summed E-state index contributed by atoms with van der Waals surface area (Å²) in [5.74, 6) is 0. The summed E-state index contributed by atoms with van der Waals surface area (Å²) in [6, 6.07) is 2.23. The van der Waals surface area contributed by atoms with Gasteiger partial charge in [-0.05, 0) is 20.8 Å². The Labute approximate surface area is 127 Å². The Morgan fingerprint density at radius 2 is 2.14 bits per heavy atom. The number of aliphatic hydroxyl groups is 2. The van der Waals surface area contributed by atoms with E-state index in [0.717, 1.165) is 12.3 Å². The van der Waals surface area contributed by atoms with Crippen LogP contribution in [-0.2, 0) is 4.74 Å². The Morgan fingerprint density at radius 3 is 2.68 bits per heavy atom. The number of amides is 1. The molecule has 0 aliphatic rings. The monoisotopic (exact) mass is 313 g/mol. The second kappa shape index (κ2) is 7.14. The lowest BCUT2D eigenvalue weighted by Gasteiger charge is -2.21. The highest BCUT2D eigenvalue weighted by molar-refractivity contribution is 5.67. The van der Waals surface area contributed by atoms with Gasteiger partial charge in [-0.15, -0.1) is 0 Å². The molecule has 9 heteroatoms. The molecule has 0 fully saturated rings. The van der Waals surface area contributed by atoms with Crippen molar-refractivity contribution in [2.45, 2.75) is 38.6 Å². The minimum Gasteiger partial charge on any atom is -0.444 e. The number of rotatable bonds is 5. The van der Waals surface area contributed by atoms with Crippen LogP contribution in [0.15, 0.2) is 18.3 Å². The van der Waals surface area contributed by atoms with Crippen LogP contribution >= 0.6 is 0 Å². The molecule has 22 heavy (non-hydrogen) atoms. The summed E-state index contributed by atoms with van der Waals surface area (Å²) in [5.41, 5.74) is -1.00. The first-order valence-electron chi connectivity index (χ1n) is 6.53. The van der Waals surface area contributed by atoms with Crippen molar-refractivity contribution in [3.05, 3.63) is 34.1 Å². The van der Waals surface area contributed by atoms with Crippen LogP contribution in [0, 0.1) is 10.1 Å². The molecule has 1 rings (SSSR count). The quantitative estimate of drug-likeness (QED) is 0.543. The highest BCUT2D eigenvalue weighted by Gasteiger charge is 2.23. The summed E-state index contributed by atoms with van der Waals surface area (Å²) in [6.45, 7) is 4.76. The van der Waals surface area contributed by atoms with E-state index >= 15 is 0 Å². The van der Waals surface area contributed by atoms with Gasteiger partial charge in [0.15, 0.2) is 0 Å². The number of hydrogen-bond acceptors (Lipinski definition) is 7. The maximum absolute atomic E-state index is 11.4. The van der Waals surface area contributed by atoms with Gasteiger partial charge in [-0.3, -0.25) is 15.1 Å². The number of aliphatic hydroxyl groups excluding tert-OH is 2. The summed E-state index contributed by atoms with van der Waals surface area (Å²) in [6.07, 6.45) is -2.45. The summed E-state index contributed by atoms with van der Waals surface area (Å²) in [4.78, 5) is 25.2. The average Bonchev–Trinajstić information content (AvgIpc) is 2.42. The number of carbonyl (C=O) groups excluding carboxylic acids is 1. The number of aromatic nitrogens is 1. The predicted molar refractivity (Wildman–Crippen MR) is 76.1 cm³/mol. The van der Waals surface area contributed by atoms with E-state index in [4.69, 9.17) is 4.74 Å². The van der Waals surface area contributed by atoms with Gasteiger partial charge in [0.2, 0.25) is 0 Å². The predicted octanol–water partition coefficient (Wildman–Crippen LogP) is 0.909. The van der Waals surface area contributed by atoms with Crippen molar-refractivity contribution in [2.24, 2.45) is 0 Å². The molecule has 1 aromatic rings.